The maximum Gasteiger partial charge on any atom is 0.419 e. The standard InChI is InChI=1S/C38H34F8N8O3S/c1-3-53(26-7-11-54(18(26)2)34(55)25-8-12-57-51-25)33-21-13-23(37(41,42)43)28(20-5-6-24(40)31-27(20)22(15-47)32(48)58-31)29(38(44,45)46)30(21)49-35(50-33)56-17-36-9-4-10-52(36)16-19(39)14-36/h5-6,8,12-13,18-19,26H,3-4,7,9-11,14,16-17,48H2,1-2H3/t18-,19-,26+,36+/m1/s1. The maximum absolute atomic E-state index is 15.8. The van der Waals surface area contributed by atoms with E-state index in [-0.39, 0.29) is 55.6 Å². The molecule has 0 radical (unpaired) electrons. The molecule has 3 fully saturated rings. The van der Waals surface area contributed by atoms with E-state index < -0.39 is 103 Å². The number of alkyl halides is 7. The fraction of sp³-hybridized carbons (Fsp3) is 0.447. The lowest BCUT2D eigenvalue weighted by molar-refractivity contribution is -0.141. The Hall–Kier alpha value is -5.29. The molecule has 306 valence electrons. The summed E-state index contributed by atoms with van der Waals surface area (Å²) in [5.74, 6) is -1.81. The van der Waals surface area contributed by atoms with Crippen LogP contribution in [-0.4, -0.2) is 87.4 Å². The number of amides is 1. The van der Waals surface area contributed by atoms with Gasteiger partial charge in [0.1, 0.15) is 41.7 Å². The predicted molar refractivity (Wildman–Crippen MR) is 196 cm³/mol. The summed E-state index contributed by atoms with van der Waals surface area (Å²) in [6, 6.07) is 3.17. The molecule has 8 rings (SSSR count). The van der Waals surface area contributed by atoms with Crippen LogP contribution < -0.4 is 15.4 Å². The summed E-state index contributed by atoms with van der Waals surface area (Å²) in [7, 11) is 0. The Kier molecular flexibility index (Phi) is 9.69. The van der Waals surface area contributed by atoms with E-state index in [1.165, 1.54) is 22.1 Å². The smallest absolute Gasteiger partial charge is 0.419 e. The molecule has 2 N–H and O–H groups in total. The number of carbonyl (C=O) groups is 1. The monoisotopic (exact) mass is 834 g/mol. The Bertz CT molecular complexity index is 2470. The van der Waals surface area contributed by atoms with Crippen LogP contribution in [0.2, 0.25) is 0 Å². The van der Waals surface area contributed by atoms with E-state index in [9.17, 15) is 14.4 Å². The summed E-state index contributed by atoms with van der Waals surface area (Å²) in [5.41, 5.74) is -1.96. The van der Waals surface area contributed by atoms with Crippen LogP contribution in [0.3, 0.4) is 0 Å². The van der Waals surface area contributed by atoms with Gasteiger partial charge in [0.05, 0.1) is 38.5 Å². The summed E-state index contributed by atoms with van der Waals surface area (Å²) < 4.78 is 134. The third-order valence-corrected chi connectivity index (χ3v) is 12.6. The zero-order valence-corrected chi connectivity index (χ0v) is 31.7. The zero-order chi connectivity index (χ0) is 41.5. The van der Waals surface area contributed by atoms with Crippen LogP contribution in [0.5, 0.6) is 6.01 Å². The second-order valence-corrected chi connectivity index (χ2v) is 15.8. The number of ether oxygens (including phenoxy) is 1. The van der Waals surface area contributed by atoms with Crippen LogP contribution in [-0.2, 0) is 12.4 Å². The van der Waals surface area contributed by atoms with Crippen molar-refractivity contribution in [1.82, 2.24) is 24.9 Å². The molecule has 0 bridgehead atoms. The lowest BCUT2D eigenvalue weighted by atomic mass is 9.88. The van der Waals surface area contributed by atoms with Gasteiger partial charge < -0.3 is 24.8 Å². The van der Waals surface area contributed by atoms with Crippen molar-refractivity contribution in [1.29, 1.82) is 5.26 Å². The van der Waals surface area contributed by atoms with Gasteiger partial charge in [-0.15, -0.1) is 11.3 Å². The predicted octanol–water partition coefficient (Wildman–Crippen LogP) is 8.21. The fourth-order valence-corrected chi connectivity index (χ4v) is 10.0. The normalized spacial score (nSPS) is 22.6. The molecule has 6 heterocycles. The summed E-state index contributed by atoms with van der Waals surface area (Å²) in [6.07, 6.45) is -9.34. The summed E-state index contributed by atoms with van der Waals surface area (Å²) in [4.78, 5) is 27.0. The van der Waals surface area contributed by atoms with E-state index in [2.05, 4.69) is 15.1 Å². The highest BCUT2D eigenvalue weighted by Crippen LogP contribution is 2.52. The van der Waals surface area contributed by atoms with Gasteiger partial charge in [-0.2, -0.15) is 41.6 Å². The van der Waals surface area contributed by atoms with Crippen LogP contribution in [0.15, 0.2) is 35.1 Å². The molecular weight excluding hydrogens is 801 g/mol. The first kappa shape index (κ1) is 39.5. The number of likely N-dealkylation sites (N-methyl/N-ethyl adjacent to an activating group) is 1. The highest BCUT2D eigenvalue weighted by Gasteiger charge is 2.50. The number of nitrogens with two attached hydrogens (primary N) is 1. The average Bonchev–Trinajstić information content (AvgIpc) is 4.00. The number of nitriles is 1. The molecule has 0 spiro atoms. The first-order valence-electron chi connectivity index (χ1n) is 18.4. The highest BCUT2D eigenvalue weighted by atomic mass is 32.1. The topological polar surface area (TPSA) is 138 Å². The van der Waals surface area contributed by atoms with Gasteiger partial charge in [-0.25, -0.2) is 8.78 Å². The molecule has 11 nitrogen and oxygen atoms in total. The molecule has 20 heteroatoms. The van der Waals surface area contributed by atoms with Crippen LogP contribution in [0.1, 0.15) is 66.7 Å². The van der Waals surface area contributed by atoms with Crippen molar-refractivity contribution < 1.29 is 49.2 Å². The Morgan fingerprint density at radius 2 is 1.95 bits per heavy atom. The van der Waals surface area contributed by atoms with Gasteiger partial charge >= 0.3 is 18.4 Å². The third kappa shape index (κ3) is 6.42. The van der Waals surface area contributed by atoms with Gasteiger partial charge in [-0.3, -0.25) is 9.69 Å². The Labute approximate surface area is 328 Å². The summed E-state index contributed by atoms with van der Waals surface area (Å²) >= 11 is 0.520. The van der Waals surface area contributed by atoms with E-state index >= 15 is 30.7 Å². The number of aromatic nitrogens is 3. The number of anilines is 2. The maximum atomic E-state index is 15.8. The molecular formula is C38H34F8N8O3S. The molecule has 2 aromatic carbocycles. The Balaban J connectivity index is 1.39. The molecule has 0 aliphatic carbocycles. The third-order valence-electron chi connectivity index (χ3n) is 11.6. The molecule has 3 aromatic heterocycles. The zero-order valence-electron chi connectivity index (χ0n) is 30.8. The van der Waals surface area contributed by atoms with E-state index in [1.807, 2.05) is 4.90 Å². The van der Waals surface area contributed by atoms with E-state index in [4.69, 9.17) is 15.0 Å². The molecule has 0 saturated carbocycles. The van der Waals surface area contributed by atoms with Gasteiger partial charge in [0, 0.05) is 54.5 Å². The fourth-order valence-electron chi connectivity index (χ4n) is 9.09. The largest absolute Gasteiger partial charge is 0.461 e. The van der Waals surface area contributed by atoms with Gasteiger partial charge in [-0.05, 0) is 57.4 Å². The number of thiophene rings is 1. The average molecular weight is 835 g/mol. The first-order chi connectivity index (χ1) is 27.5. The quantitative estimate of drug-likeness (QED) is 0.152. The second-order valence-electron chi connectivity index (χ2n) is 14.8. The number of carbonyl (C=O) groups excluding carboxylic acids is 1. The first-order valence-corrected chi connectivity index (χ1v) is 19.2. The molecule has 58 heavy (non-hydrogen) atoms. The number of likely N-dealkylation sites (tertiary alicyclic amines) is 1. The van der Waals surface area contributed by atoms with Gasteiger partial charge in [0.15, 0.2) is 5.69 Å². The van der Waals surface area contributed by atoms with E-state index in [0.29, 0.717) is 30.4 Å². The number of nitrogen functional groups attached to an aromatic ring is 1. The lowest BCUT2D eigenvalue weighted by Crippen LogP contribution is -2.46. The number of hydrogen-bond acceptors (Lipinski definition) is 11. The minimum atomic E-state index is -5.54. The number of hydrogen-bond donors (Lipinski definition) is 1. The Morgan fingerprint density at radius 3 is 2.62 bits per heavy atom. The molecule has 3 aliphatic heterocycles. The van der Waals surface area contributed by atoms with Crippen molar-refractivity contribution in [3.63, 3.8) is 0 Å². The van der Waals surface area contributed by atoms with E-state index in [1.54, 1.807) is 19.9 Å². The Morgan fingerprint density at radius 1 is 1.17 bits per heavy atom. The number of fused-ring (bicyclic) bond motifs is 3. The highest BCUT2D eigenvalue weighted by molar-refractivity contribution is 7.23. The van der Waals surface area contributed by atoms with Crippen molar-refractivity contribution in [3.05, 3.63) is 58.7 Å². The second kappa shape index (κ2) is 14.2. The molecule has 3 saturated heterocycles. The van der Waals surface area contributed by atoms with Crippen molar-refractivity contribution >= 4 is 49.1 Å². The van der Waals surface area contributed by atoms with Gasteiger partial charge in [-0.1, -0.05) is 11.2 Å². The summed E-state index contributed by atoms with van der Waals surface area (Å²) in [5, 5.41) is 12.2. The van der Waals surface area contributed by atoms with Crippen LogP contribution in [0.4, 0.5) is 45.9 Å². The molecule has 1 amide bonds. The number of benzene rings is 2. The lowest BCUT2D eigenvalue weighted by Gasteiger charge is -2.35. The van der Waals surface area contributed by atoms with Crippen LogP contribution in [0.25, 0.3) is 32.1 Å². The molecule has 5 aromatic rings. The van der Waals surface area contributed by atoms with Crippen molar-refractivity contribution in [2.45, 2.75) is 75.7 Å². The van der Waals surface area contributed by atoms with Crippen molar-refractivity contribution in [3.8, 4) is 23.2 Å². The number of rotatable bonds is 8. The van der Waals surface area contributed by atoms with Crippen LogP contribution >= 0.6 is 11.3 Å². The summed E-state index contributed by atoms with van der Waals surface area (Å²) in [6.45, 7) is 4.02. The SMILES string of the molecule is CCN(c1nc(OC[C@@]23CCCN2C[C@H](F)C3)nc2c(C(F)(F)F)c(-c3ccc(F)c4sc(N)c(C#N)c34)c(C(F)(F)F)cc12)[C@H]1CCN(C(=O)c2ccon2)[C@@H]1C. The van der Waals surface area contributed by atoms with Crippen molar-refractivity contribution in [2.24, 2.45) is 0 Å². The van der Waals surface area contributed by atoms with Crippen molar-refractivity contribution in [2.75, 3.05) is 43.4 Å². The number of nitrogens with zero attached hydrogens (tertiary/aromatic N) is 7. The molecule has 3 aliphatic rings. The molecule has 0 unspecified atom stereocenters. The van der Waals surface area contributed by atoms with Gasteiger partial charge in [0.2, 0.25) is 0 Å². The van der Waals surface area contributed by atoms with E-state index in [0.717, 1.165) is 18.6 Å². The van der Waals surface area contributed by atoms with Crippen LogP contribution in [0, 0.1) is 17.1 Å². The number of halogens is 8. The minimum Gasteiger partial charge on any atom is -0.461 e. The van der Waals surface area contributed by atoms with Gasteiger partial charge in [0.25, 0.3) is 5.91 Å². The minimum absolute atomic E-state index is 0.0105. The molecule has 4 atom stereocenters.